The van der Waals surface area contributed by atoms with Gasteiger partial charge < -0.3 is 10.6 Å². The number of nitrogens with one attached hydrogen (secondary N) is 2. The van der Waals surface area contributed by atoms with Crippen molar-refractivity contribution in [1.82, 2.24) is 10.6 Å². The molecule has 2 N–H and O–H groups in total. The summed E-state index contributed by atoms with van der Waals surface area (Å²) in [6, 6.07) is 17.1. The van der Waals surface area contributed by atoms with Crippen molar-refractivity contribution >= 4 is 11.8 Å². The summed E-state index contributed by atoms with van der Waals surface area (Å²) >= 11 is 0. The molecule has 4 aliphatic rings. The van der Waals surface area contributed by atoms with Crippen LogP contribution in [0, 0.1) is 30.1 Å². The lowest BCUT2D eigenvalue weighted by molar-refractivity contribution is -0.134. The van der Waals surface area contributed by atoms with Gasteiger partial charge in [0, 0.05) is 17.5 Å². The molecule has 6 rings (SSSR count). The first-order chi connectivity index (χ1) is 15.0. The van der Waals surface area contributed by atoms with E-state index in [1.54, 1.807) is 0 Å². The summed E-state index contributed by atoms with van der Waals surface area (Å²) in [6.07, 6.45) is 7.13. The number of amides is 2. The van der Waals surface area contributed by atoms with E-state index in [1.807, 2.05) is 61.5 Å². The first kappa shape index (κ1) is 20.3. The van der Waals surface area contributed by atoms with Crippen molar-refractivity contribution in [2.75, 3.05) is 0 Å². The van der Waals surface area contributed by atoms with Gasteiger partial charge in [-0.1, -0.05) is 48.0 Å². The van der Waals surface area contributed by atoms with Gasteiger partial charge in [0.2, 0.25) is 5.91 Å². The minimum atomic E-state index is -0.474. The summed E-state index contributed by atoms with van der Waals surface area (Å²) in [4.78, 5) is 26.7. The van der Waals surface area contributed by atoms with Crippen LogP contribution in [0.1, 0.15) is 60.0 Å². The van der Waals surface area contributed by atoms with E-state index in [4.69, 9.17) is 0 Å². The van der Waals surface area contributed by atoms with Gasteiger partial charge in [-0.05, 0) is 80.9 Å². The molecule has 0 spiro atoms. The summed E-state index contributed by atoms with van der Waals surface area (Å²) < 4.78 is 0. The van der Waals surface area contributed by atoms with Crippen LogP contribution in [0.5, 0.6) is 0 Å². The van der Waals surface area contributed by atoms with Crippen LogP contribution in [0.3, 0.4) is 0 Å². The molecule has 4 fully saturated rings. The van der Waals surface area contributed by atoms with Gasteiger partial charge in [-0.15, -0.1) is 0 Å². The van der Waals surface area contributed by atoms with Gasteiger partial charge in [0.1, 0.15) is 6.04 Å². The molecule has 2 aromatic carbocycles. The van der Waals surface area contributed by atoms with Gasteiger partial charge in [0.25, 0.3) is 5.91 Å². The molecular formula is C27H32N2O2. The lowest BCUT2D eigenvalue weighted by Gasteiger charge is -2.58. The monoisotopic (exact) mass is 416 g/mol. The lowest BCUT2D eigenvalue weighted by atomic mass is 9.47. The molecule has 4 aliphatic carbocycles. The third kappa shape index (κ3) is 4.13. The molecule has 4 bridgehead atoms. The van der Waals surface area contributed by atoms with E-state index in [1.165, 1.54) is 19.3 Å². The van der Waals surface area contributed by atoms with E-state index in [0.29, 0.717) is 29.9 Å². The molecule has 162 valence electrons. The number of hydrogen-bond acceptors (Lipinski definition) is 2. The summed E-state index contributed by atoms with van der Waals surface area (Å²) in [6.45, 7) is 2.50. The summed E-state index contributed by atoms with van der Waals surface area (Å²) in [5, 5.41) is 6.33. The minimum Gasteiger partial charge on any atom is -0.350 e. The Labute approximate surface area is 184 Å². The Hall–Kier alpha value is -2.62. The Morgan fingerprint density at radius 2 is 1.48 bits per heavy atom. The van der Waals surface area contributed by atoms with Gasteiger partial charge in [0.15, 0.2) is 0 Å². The summed E-state index contributed by atoms with van der Waals surface area (Å²) in [5.74, 6) is 1.97. The van der Waals surface area contributed by atoms with Crippen molar-refractivity contribution in [3.05, 3.63) is 71.3 Å². The average molecular weight is 417 g/mol. The van der Waals surface area contributed by atoms with Crippen molar-refractivity contribution in [1.29, 1.82) is 0 Å². The van der Waals surface area contributed by atoms with E-state index in [0.717, 1.165) is 30.4 Å². The zero-order valence-electron chi connectivity index (χ0n) is 18.3. The fraction of sp³-hybridized carbons (Fsp3) is 0.481. The molecular weight excluding hydrogens is 384 g/mol. The first-order valence-electron chi connectivity index (χ1n) is 11.7. The van der Waals surface area contributed by atoms with E-state index in [2.05, 4.69) is 10.6 Å². The second-order valence-corrected chi connectivity index (χ2v) is 10.3. The van der Waals surface area contributed by atoms with E-state index >= 15 is 0 Å². The number of aryl methyl sites for hydroxylation is 1. The van der Waals surface area contributed by atoms with Crippen LogP contribution in [0.25, 0.3) is 0 Å². The normalized spacial score (nSPS) is 29.4. The topological polar surface area (TPSA) is 58.2 Å². The second kappa shape index (κ2) is 8.14. The van der Waals surface area contributed by atoms with E-state index in [9.17, 15) is 9.59 Å². The lowest BCUT2D eigenvalue weighted by Crippen LogP contribution is -2.62. The predicted molar refractivity (Wildman–Crippen MR) is 121 cm³/mol. The molecule has 0 saturated heterocycles. The summed E-state index contributed by atoms with van der Waals surface area (Å²) in [5.41, 5.74) is 2.71. The van der Waals surface area contributed by atoms with Gasteiger partial charge in [-0.3, -0.25) is 9.59 Å². The average Bonchev–Trinajstić information content (AvgIpc) is 2.76. The number of carbonyl (C=O) groups is 2. The first-order valence-corrected chi connectivity index (χ1v) is 11.7. The highest BCUT2D eigenvalue weighted by Crippen LogP contribution is 2.61. The van der Waals surface area contributed by atoms with Crippen LogP contribution in [-0.2, 0) is 11.3 Å². The molecule has 31 heavy (non-hydrogen) atoms. The quantitative estimate of drug-likeness (QED) is 0.722. The zero-order chi connectivity index (χ0) is 21.4. The number of carbonyl (C=O) groups excluding carboxylic acids is 2. The molecule has 0 radical (unpaired) electrons. The SMILES string of the molecule is Cc1ccc(C(=O)N[C@H](C(=O)NCc2ccccc2)C23CC4CC(CC(C4)C2)C3)cc1. The Morgan fingerprint density at radius 3 is 2.06 bits per heavy atom. The second-order valence-electron chi connectivity index (χ2n) is 10.3. The van der Waals surface area contributed by atoms with Gasteiger partial charge in [-0.25, -0.2) is 0 Å². The largest absolute Gasteiger partial charge is 0.350 e. The van der Waals surface area contributed by atoms with Crippen molar-refractivity contribution < 1.29 is 9.59 Å². The van der Waals surface area contributed by atoms with Gasteiger partial charge >= 0.3 is 0 Å². The fourth-order valence-corrected chi connectivity index (χ4v) is 6.83. The number of hydrogen-bond donors (Lipinski definition) is 2. The van der Waals surface area contributed by atoms with Crippen LogP contribution >= 0.6 is 0 Å². The van der Waals surface area contributed by atoms with Crippen LogP contribution in [-0.4, -0.2) is 17.9 Å². The molecule has 4 nitrogen and oxygen atoms in total. The fourth-order valence-electron chi connectivity index (χ4n) is 6.83. The third-order valence-electron chi connectivity index (χ3n) is 7.86. The van der Waals surface area contributed by atoms with E-state index in [-0.39, 0.29) is 17.2 Å². The highest BCUT2D eigenvalue weighted by atomic mass is 16.2. The molecule has 1 atom stereocenters. The van der Waals surface area contributed by atoms with Crippen molar-refractivity contribution in [2.24, 2.45) is 23.2 Å². The molecule has 0 aliphatic heterocycles. The minimum absolute atomic E-state index is 0.0359. The van der Waals surface area contributed by atoms with E-state index < -0.39 is 6.04 Å². The molecule has 2 amide bonds. The van der Waals surface area contributed by atoms with Gasteiger partial charge in [-0.2, -0.15) is 0 Å². The number of rotatable bonds is 6. The maximum Gasteiger partial charge on any atom is 0.251 e. The van der Waals surface area contributed by atoms with Crippen molar-refractivity contribution in [3.63, 3.8) is 0 Å². The molecule has 4 saturated carbocycles. The highest BCUT2D eigenvalue weighted by molar-refractivity contribution is 5.97. The maximum atomic E-state index is 13.5. The molecule has 0 heterocycles. The molecule has 0 aromatic heterocycles. The molecule has 4 heteroatoms. The van der Waals surface area contributed by atoms with Crippen LogP contribution < -0.4 is 10.6 Å². The smallest absolute Gasteiger partial charge is 0.251 e. The Balaban J connectivity index is 1.39. The summed E-state index contributed by atoms with van der Waals surface area (Å²) in [7, 11) is 0. The van der Waals surface area contributed by atoms with Crippen LogP contribution in [0.15, 0.2) is 54.6 Å². The van der Waals surface area contributed by atoms with Gasteiger partial charge in [0.05, 0.1) is 0 Å². The third-order valence-corrected chi connectivity index (χ3v) is 7.86. The van der Waals surface area contributed by atoms with Crippen LogP contribution in [0.4, 0.5) is 0 Å². The Bertz CT molecular complexity index is 916. The van der Waals surface area contributed by atoms with Crippen molar-refractivity contribution in [3.8, 4) is 0 Å². The standard InChI is InChI=1S/C27H32N2O2/c1-18-7-9-23(10-8-18)25(30)29-24(26(31)28-17-19-5-3-2-4-6-19)27-14-20-11-21(15-27)13-22(12-20)16-27/h2-10,20-22,24H,11-17H2,1H3,(H,28,31)(H,29,30)/t20?,21?,22?,24-,27?/m1/s1. The Morgan fingerprint density at radius 1 is 0.903 bits per heavy atom. The maximum absolute atomic E-state index is 13.5. The zero-order valence-corrected chi connectivity index (χ0v) is 18.3. The predicted octanol–water partition coefficient (Wildman–Crippen LogP) is 4.63. The molecule has 2 aromatic rings. The Kier molecular flexibility index (Phi) is 5.33. The highest BCUT2D eigenvalue weighted by Gasteiger charge is 2.56. The molecule has 0 unspecified atom stereocenters. The number of benzene rings is 2. The van der Waals surface area contributed by atoms with Crippen molar-refractivity contribution in [2.45, 2.75) is 58.0 Å². The van der Waals surface area contributed by atoms with Crippen LogP contribution in [0.2, 0.25) is 0 Å².